The number of sulfonamides is 1. The molecule has 1 fully saturated rings. The highest BCUT2D eigenvalue weighted by Crippen LogP contribution is 2.25. The fraction of sp³-hybridized carbons (Fsp3) is 0.391. The average Bonchev–Trinajstić information content (AvgIpc) is 3.12. The van der Waals surface area contributed by atoms with E-state index in [1.165, 1.54) is 14.9 Å². The number of hydrogen-bond acceptors (Lipinski definition) is 6. The summed E-state index contributed by atoms with van der Waals surface area (Å²) in [5, 5.41) is 2.69. The van der Waals surface area contributed by atoms with Crippen molar-refractivity contribution in [2.24, 2.45) is 0 Å². The maximum atomic E-state index is 14.5. The van der Waals surface area contributed by atoms with Crippen molar-refractivity contribution in [2.75, 3.05) is 39.0 Å². The van der Waals surface area contributed by atoms with Crippen molar-refractivity contribution in [1.29, 1.82) is 0 Å². The number of likely N-dealkylation sites (N-methyl/N-ethyl adjacent to an activating group) is 1. The number of benzene rings is 2. The second-order valence-electron chi connectivity index (χ2n) is 8.57. The molecule has 0 aliphatic carbocycles. The smallest absolute Gasteiger partial charge is 0.408 e. The fourth-order valence-electron chi connectivity index (χ4n) is 3.94. The van der Waals surface area contributed by atoms with Crippen molar-refractivity contribution in [3.05, 3.63) is 58.3 Å². The van der Waals surface area contributed by atoms with Crippen LogP contribution in [0.5, 0.6) is 0 Å². The highest BCUT2D eigenvalue weighted by atomic mass is 32.2. The maximum absolute atomic E-state index is 14.5. The third-order valence-corrected chi connectivity index (χ3v) is 7.74. The predicted octanol–water partition coefficient (Wildman–Crippen LogP) is 2.72. The standard InChI is InChI=1S/C23H27FN4O5S/c1-26(2)12-13-28-19-15-17(7-9-20(19)33-23(28)30)25-22(29)16-6-8-18(24)21(14-16)34(31,32)27-10-4-3-5-11-27/h6-9,14-15H,3-5,10-13H2,1-2H3,(H,25,29). The molecule has 3 aromatic rings. The molecular weight excluding hydrogens is 463 g/mol. The van der Waals surface area contributed by atoms with Gasteiger partial charge in [-0.1, -0.05) is 6.42 Å². The molecule has 0 unspecified atom stereocenters. The van der Waals surface area contributed by atoms with Crippen LogP contribution in [0.15, 0.2) is 50.5 Å². The highest BCUT2D eigenvalue weighted by molar-refractivity contribution is 7.89. The first-order valence-corrected chi connectivity index (χ1v) is 12.5. The zero-order valence-electron chi connectivity index (χ0n) is 19.1. The first-order chi connectivity index (χ1) is 16.2. The molecular formula is C23H27FN4O5S. The van der Waals surface area contributed by atoms with Gasteiger partial charge in [-0.25, -0.2) is 17.6 Å². The average molecular weight is 491 g/mol. The monoisotopic (exact) mass is 490 g/mol. The van der Waals surface area contributed by atoms with Gasteiger partial charge in [0.15, 0.2) is 5.58 Å². The van der Waals surface area contributed by atoms with Gasteiger partial charge in [-0.15, -0.1) is 0 Å². The Labute approximate surface area is 196 Å². The summed E-state index contributed by atoms with van der Waals surface area (Å²) < 4.78 is 48.4. The van der Waals surface area contributed by atoms with Crippen LogP contribution in [0.1, 0.15) is 29.6 Å². The SMILES string of the molecule is CN(C)CCn1c(=O)oc2ccc(NC(=O)c3ccc(F)c(S(=O)(=O)N4CCCCC4)c3)cc21. The molecule has 2 heterocycles. The Morgan fingerprint density at radius 1 is 1.12 bits per heavy atom. The summed E-state index contributed by atoms with van der Waals surface area (Å²) in [6.45, 7) is 1.69. The van der Waals surface area contributed by atoms with Crippen LogP contribution >= 0.6 is 0 Å². The van der Waals surface area contributed by atoms with Gasteiger partial charge in [-0.2, -0.15) is 4.31 Å². The molecule has 1 aromatic heterocycles. The van der Waals surface area contributed by atoms with E-state index in [0.717, 1.165) is 31.4 Å². The number of anilines is 1. The normalized spacial score (nSPS) is 15.2. The number of rotatable bonds is 7. The van der Waals surface area contributed by atoms with Gasteiger partial charge in [0, 0.05) is 37.4 Å². The number of aromatic nitrogens is 1. The number of nitrogens with zero attached hydrogens (tertiary/aromatic N) is 3. The molecule has 4 rings (SSSR count). The van der Waals surface area contributed by atoms with E-state index >= 15 is 0 Å². The Hall–Kier alpha value is -3.02. The largest absolute Gasteiger partial charge is 0.419 e. The lowest BCUT2D eigenvalue weighted by Crippen LogP contribution is -2.36. The van der Waals surface area contributed by atoms with Crippen LogP contribution in [-0.2, 0) is 16.6 Å². The van der Waals surface area contributed by atoms with Crippen LogP contribution < -0.4 is 11.1 Å². The number of piperidine rings is 1. The molecule has 34 heavy (non-hydrogen) atoms. The minimum absolute atomic E-state index is 0.00859. The molecule has 182 valence electrons. The summed E-state index contributed by atoms with van der Waals surface area (Å²) in [6.07, 6.45) is 2.37. The Morgan fingerprint density at radius 2 is 1.85 bits per heavy atom. The molecule has 0 radical (unpaired) electrons. The molecule has 1 aliphatic heterocycles. The van der Waals surface area contributed by atoms with E-state index in [4.69, 9.17) is 4.42 Å². The van der Waals surface area contributed by atoms with Crippen LogP contribution in [0.3, 0.4) is 0 Å². The van der Waals surface area contributed by atoms with Crippen molar-refractivity contribution in [3.63, 3.8) is 0 Å². The van der Waals surface area contributed by atoms with Crippen molar-refractivity contribution in [3.8, 4) is 0 Å². The van der Waals surface area contributed by atoms with Crippen molar-refractivity contribution in [1.82, 2.24) is 13.8 Å². The Morgan fingerprint density at radius 3 is 2.56 bits per heavy atom. The summed E-state index contributed by atoms with van der Waals surface area (Å²) in [6, 6.07) is 8.07. The van der Waals surface area contributed by atoms with Crippen molar-refractivity contribution < 1.29 is 22.0 Å². The van der Waals surface area contributed by atoms with Crippen molar-refractivity contribution >= 4 is 32.7 Å². The molecule has 1 saturated heterocycles. The lowest BCUT2D eigenvalue weighted by molar-refractivity contribution is 0.102. The molecule has 1 amide bonds. The molecule has 0 saturated carbocycles. The zero-order valence-corrected chi connectivity index (χ0v) is 19.9. The van der Waals surface area contributed by atoms with E-state index in [1.54, 1.807) is 18.2 Å². The van der Waals surface area contributed by atoms with Gasteiger partial charge in [0.05, 0.1) is 5.52 Å². The molecule has 0 bridgehead atoms. The molecule has 9 nitrogen and oxygen atoms in total. The first-order valence-electron chi connectivity index (χ1n) is 11.1. The van der Waals surface area contributed by atoms with Crippen LogP contribution in [0.2, 0.25) is 0 Å². The summed E-state index contributed by atoms with van der Waals surface area (Å²) in [4.78, 5) is 26.5. The number of nitrogens with one attached hydrogen (secondary N) is 1. The van der Waals surface area contributed by atoms with Crippen molar-refractivity contribution in [2.45, 2.75) is 30.7 Å². The number of halogens is 1. The number of carbonyl (C=O) groups is 1. The molecule has 11 heteroatoms. The quantitative estimate of drug-likeness (QED) is 0.546. The second-order valence-corrected chi connectivity index (χ2v) is 10.5. The minimum atomic E-state index is -4.04. The van der Waals surface area contributed by atoms with Gasteiger partial charge in [0.2, 0.25) is 10.0 Å². The summed E-state index contributed by atoms with van der Waals surface area (Å²) in [5.74, 6) is -1.99. The van der Waals surface area contributed by atoms with Gasteiger partial charge < -0.3 is 14.6 Å². The van der Waals surface area contributed by atoms with Gasteiger partial charge in [0.25, 0.3) is 5.91 Å². The first kappa shape index (κ1) is 24.1. The number of oxazole rings is 1. The second kappa shape index (κ2) is 9.69. The van der Waals surface area contributed by atoms with Crippen LogP contribution in [0, 0.1) is 5.82 Å². The zero-order chi connectivity index (χ0) is 24.5. The highest BCUT2D eigenvalue weighted by Gasteiger charge is 2.29. The summed E-state index contributed by atoms with van der Waals surface area (Å²) in [5.41, 5.74) is 1.31. The van der Waals surface area contributed by atoms with E-state index < -0.39 is 32.4 Å². The van der Waals surface area contributed by atoms with Crippen LogP contribution in [0.25, 0.3) is 11.1 Å². The number of amides is 1. The topological polar surface area (TPSA) is 105 Å². The molecule has 0 spiro atoms. The minimum Gasteiger partial charge on any atom is -0.408 e. The fourth-order valence-corrected chi connectivity index (χ4v) is 5.55. The lowest BCUT2D eigenvalue weighted by Gasteiger charge is -2.26. The molecule has 1 N–H and O–H groups in total. The third-order valence-electron chi connectivity index (χ3n) is 5.82. The van der Waals surface area contributed by atoms with Gasteiger partial charge in [0.1, 0.15) is 10.7 Å². The van der Waals surface area contributed by atoms with Gasteiger partial charge in [-0.3, -0.25) is 9.36 Å². The number of hydrogen-bond donors (Lipinski definition) is 1. The maximum Gasteiger partial charge on any atom is 0.419 e. The molecule has 0 atom stereocenters. The van der Waals surface area contributed by atoms with E-state index in [2.05, 4.69) is 5.32 Å². The summed E-state index contributed by atoms with van der Waals surface area (Å²) >= 11 is 0. The predicted molar refractivity (Wildman–Crippen MR) is 126 cm³/mol. The van der Waals surface area contributed by atoms with Crippen LogP contribution in [0.4, 0.5) is 10.1 Å². The van der Waals surface area contributed by atoms with E-state index in [-0.39, 0.29) is 5.56 Å². The van der Waals surface area contributed by atoms with E-state index in [9.17, 15) is 22.4 Å². The van der Waals surface area contributed by atoms with E-state index in [1.807, 2.05) is 19.0 Å². The Bertz CT molecular complexity index is 1370. The Kier molecular flexibility index (Phi) is 6.87. The van der Waals surface area contributed by atoms with Gasteiger partial charge in [-0.05, 0) is 63.3 Å². The van der Waals surface area contributed by atoms with Gasteiger partial charge >= 0.3 is 5.76 Å². The third kappa shape index (κ3) is 4.91. The van der Waals surface area contributed by atoms with Crippen LogP contribution in [-0.4, -0.2) is 61.8 Å². The number of carbonyl (C=O) groups excluding carboxylic acids is 1. The lowest BCUT2D eigenvalue weighted by atomic mass is 10.2. The molecule has 2 aromatic carbocycles. The van der Waals surface area contributed by atoms with E-state index in [0.29, 0.717) is 43.0 Å². The Balaban J connectivity index is 1.60. The number of fused-ring (bicyclic) bond motifs is 1. The molecule has 1 aliphatic rings. The summed E-state index contributed by atoms with van der Waals surface area (Å²) in [7, 11) is -0.262.